The molecule has 0 atom stereocenters. The zero-order valence-electron chi connectivity index (χ0n) is 13.2. The SMILES string of the molecule is N#Cc1ccc(C=Cc2cc(-c3cccs3)sc2-c2cccs2)cc1. The number of rotatable bonds is 4. The molecule has 0 saturated carbocycles. The van der Waals surface area contributed by atoms with Gasteiger partial charge in [0.25, 0.3) is 0 Å². The predicted molar refractivity (Wildman–Crippen MR) is 111 cm³/mol. The second kappa shape index (κ2) is 7.20. The van der Waals surface area contributed by atoms with Crippen LogP contribution in [0.15, 0.2) is 65.4 Å². The normalized spacial score (nSPS) is 11.0. The third-order valence-corrected chi connectivity index (χ3v) is 7.03. The van der Waals surface area contributed by atoms with Gasteiger partial charge < -0.3 is 0 Å². The Kier molecular flexibility index (Phi) is 4.62. The number of hydrogen-bond donors (Lipinski definition) is 0. The summed E-state index contributed by atoms with van der Waals surface area (Å²) >= 11 is 5.39. The quantitative estimate of drug-likeness (QED) is 0.368. The largest absolute Gasteiger partial charge is 0.192 e. The second-order valence-electron chi connectivity index (χ2n) is 5.42. The van der Waals surface area contributed by atoms with Crippen molar-refractivity contribution in [2.45, 2.75) is 0 Å². The molecule has 0 saturated heterocycles. The lowest BCUT2D eigenvalue weighted by molar-refractivity contribution is 1.48. The Labute approximate surface area is 158 Å². The van der Waals surface area contributed by atoms with Gasteiger partial charge in [-0.1, -0.05) is 36.4 Å². The summed E-state index contributed by atoms with van der Waals surface area (Å²) in [6.45, 7) is 0. The Balaban J connectivity index is 1.72. The van der Waals surface area contributed by atoms with Gasteiger partial charge in [-0.3, -0.25) is 0 Å². The molecular weight excluding hydrogens is 362 g/mol. The molecular formula is C21H13NS3. The molecule has 0 aliphatic rings. The molecule has 4 rings (SSSR count). The van der Waals surface area contributed by atoms with Gasteiger partial charge in [-0.15, -0.1) is 34.0 Å². The highest BCUT2D eigenvalue weighted by molar-refractivity contribution is 7.26. The first-order chi connectivity index (χ1) is 12.3. The maximum absolute atomic E-state index is 8.91. The third kappa shape index (κ3) is 3.49. The van der Waals surface area contributed by atoms with E-state index in [1.54, 1.807) is 22.7 Å². The summed E-state index contributed by atoms with van der Waals surface area (Å²) in [7, 11) is 0. The minimum atomic E-state index is 0.687. The van der Waals surface area contributed by atoms with E-state index in [9.17, 15) is 0 Å². The lowest BCUT2D eigenvalue weighted by atomic mass is 10.1. The number of hydrogen-bond acceptors (Lipinski definition) is 4. The van der Waals surface area contributed by atoms with E-state index in [2.05, 4.69) is 59.3 Å². The van der Waals surface area contributed by atoms with Crippen LogP contribution in [0, 0.1) is 11.3 Å². The van der Waals surface area contributed by atoms with Crippen molar-refractivity contribution in [2.24, 2.45) is 0 Å². The van der Waals surface area contributed by atoms with E-state index < -0.39 is 0 Å². The van der Waals surface area contributed by atoms with Crippen LogP contribution >= 0.6 is 34.0 Å². The highest BCUT2D eigenvalue weighted by Gasteiger charge is 2.12. The molecule has 4 aromatic rings. The van der Waals surface area contributed by atoms with Crippen LogP contribution in [-0.4, -0.2) is 0 Å². The Morgan fingerprint density at radius 3 is 2.16 bits per heavy atom. The number of benzene rings is 1. The van der Waals surface area contributed by atoms with Crippen molar-refractivity contribution in [1.82, 2.24) is 0 Å². The van der Waals surface area contributed by atoms with E-state index in [0.29, 0.717) is 5.56 Å². The van der Waals surface area contributed by atoms with Crippen molar-refractivity contribution in [3.63, 3.8) is 0 Å². The van der Waals surface area contributed by atoms with Gasteiger partial charge in [-0.25, -0.2) is 0 Å². The molecule has 1 nitrogen and oxygen atoms in total. The van der Waals surface area contributed by atoms with Crippen molar-refractivity contribution in [3.05, 3.63) is 82.0 Å². The molecule has 0 N–H and O–H groups in total. The van der Waals surface area contributed by atoms with Crippen LogP contribution in [-0.2, 0) is 0 Å². The van der Waals surface area contributed by atoms with Crippen molar-refractivity contribution >= 4 is 46.2 Å². The third-order valence-electron chi connectivity index (χ3n) is 3.76. The van der Waals surface area contributed by atoms with E-state index in [1.807, 2.05) is 35.6 Å². The lowest BCUT2D eigenvalue weighted by Gasteiger charge is -1.96. The first-order valence-corrected chi connectivity index (χ1v) is 10.3. The molecule has 0 aliphatic carbocycles. The molecule has 0 bridgehead atoms. The van der Waals surface area contributed by atoms with Crippen LogP contribution in [0.4, 0.5) is 0 Å². The highest BCUT2D eigenvalue weighted by atomic mass is 32.1. The van der Waals surface area contributed by atoms with Crippen LogP contribution in [0.1, 0.15) is 16.7 Å². The van der Waals surface area contributed by atoms with Crippen LogP contribution in [0.25, 0.3) is 31.7 Å². The maximum atomic E-state index is 8.91. The number of nitriles is 1. The van der Waals surface area contributed by atoms with E-state index in [4.69, 9.17) is 5.26 Å². The summed E-state index contributed by atoms with van der Waals surface area (Å²) < 4.78 is 0. The van der Waals surface area contributed by atoms with Gasteiger partial charge in [0.1, 0.15) is 0 Å². The smallest absolute Gasteiger partial charge is 0.0991 e. The van der Waals surface area contributed by atoms with E-state index in [0.717, 1.165) is 5.56 Å². The van der Waals surface area contributed by atoms with Crippen LogP contribution in [0.2, 0.25) is 0 Å². The molecule has 0 fully saturated rings. The van der Waals surface area contributed by atoms with E-state index in [1.165, 1.54) is 25.1 Å². The monoisotopic (exact) mass is 375 g/mol. The molecule has 0 aliphatic heterocycles. The van der Waals surface area contributed by atoms with Gasteiger partial charge in [-0.2, -0.15) is 5.26 Å². The average molecular weight is 376 g/mol. The Morgan fingerprint density at radius 2 is 1.52 bits per heavy atom. The van der Waals surface area contributed by atoms with Crippen molar-refractivity contribution < 1.29 is 0 Å². The maximum Gasteiger partial charge on any atom is 0.0991 e. The van der Waals surface area contributed by atoms with Gasteiger partial charge in [0.2, 0.25) is 0 Å². The topological polar surface area (TPSA) is 23.8 Å². The summed E-state index contributed by atoms with van der Waals surface area (Å²) in [6.07, 6.45) is 4.28. The standard InChI is InChI=1S/C21H13NS3/c22-14-16-7-5-15(6-8-16)9-10-17-13-20(18-3-1-11-23-18)25-21(17)19-4-2-12-24-19/h1-13H. The van der Waals surface area contributed by atoms with E-state index in [-0.39, 0.29) is 0 Å². The zero-order chi connectivity index (χ0) is 17.1. The number of nitrogens with zero attached hydrogens (tertiary/aromatic N) is 1. The van der Waals surface area contributed by atoms with Crippen LogP contribution < -0.4 is 0 Å². The average Bonchev–Trinajstić information content (AvgIpc) is 3.41. The molecule has 0 amide bonds. The van der Waals surface area contributed by atoms with Gasteiger partial charge in [0.05, 0.1) is 16.5 Å². The molecule has 25 heavy (non-hydrogen) atoms. The van der Waals surface area contributed by atoms with Gasteiger partial charge in [0, 0.05) is 14.6 Å². The molecule has 120 valence electrons. The Bertz CT molecular complexity index is 1030. The van der Waals surface area contributed by atoms with Crippen molar-refractivity contribution in [1.29, 1.82) is 5.26 Å². The Hall–Kier alpha value is -2.45. The molecule has 3 heterocycles. The minimum absolute atomic E-state index is 0.687. The molecule has 0 radical (unpaired) electrons. The van der Waals surface area contributed by atoms with Gasteiger partial charge in [-0.05, 0) is 52.2 Å². The number of thiophene rings is 3. The molecule has 4 heteroatoms. The van der Waals surface area contributed by atoms with E-state index >= 15 is 0 Å². The fourth-order valence-corrected chi connectivity index (χ4v) is 5.37. The van der Waals surface area contributed by atoms with Gasteiger partial charge in [0.15, 0.2) is 0 Å². The molecule has 0 spiro atoms. The van der Waals surface area contributed by atoms with Crippen molar-refractivity contribution in [3.8, 4) is 25.6 Å². The summed E-state index contributed by atoms with van der Waals surface area (Å²) in [5.74, 6) is 0. The fraction of sp³-hybridized carbons (Fsp3) is 0. The molecule has 3 aromatic heterocycles. The summed E-state index contributed by atoms with van der Waals surface area (Å²) in [5, 5.41) is 13.1. The minimum Gasteiger partial charge on any atom is -0.192 e. The highest BCUT2D eigenvalue weighted by Crippen LogP contribution is 2.42. The zero-order valence-corrected chi connectivity index (χ0v) is 15.6. The molecule has 0 unspecified atom stereocenters. The van der Waals surface area contributed by atoms with Crippen LogP contribution in [0.3, 0.4) is 0 Å². The first-order valence-electron chi connectivity index (χ1n) is 7.73. The molecule has 1 aromatic carbocycles. The van der Waals surface area contributed by atoms with Gasteiger partial charge >= 0.3 is 0 Å². The predicted octanol–water partition coefficient (Wildman–Crippen LogP) is 7.25. The summed E-state index contributed by atoms with van der Waals surface area (Å²) in [6, 6.07) is 20.6. The first kappa shape index (κ1) is 16.0. The Morgan fingerprint density at radius 1 is 0.800 bits per heavy atom. The van der Waals surface area contributed by atoms with Crippen LogP contribution in [0.5, 0.6) is 0 Å². The lowest BCUT2D eigenvalue weighted by Crippen LogP contribution is -1.75. The summed E-state index contributed by atoms with van der Waals surface area (Å²) in [4.78, 5) is 5.22. The second-order valence-corrected chi connectivity index (χ2v) is 8.36. The fourth-order valence-electron chi connectivity index (χ4n) is 2.52. The van der Waals surface area contributed by atoms with Crippen molar-refractivity contribution in [2.75, 3.05) is 0 Å². The summed E-state index contributed by atoms with van der Waals surface area (Å²) in [5.41, 5.74) is 3.02.